The van der Waals surface area contributed by atoms with Crippen molar-refractivity contribution in [3.05, 3.63) is 97.2 Å². The van der Waals surface area contributed by atoms with Crippen LogP contribution in [0.15, 0.2) is 97.2 Å². The molecule has 0 aromatic heterocycles. The summed E-state index contributed by atoms with van der Waals surface area (Å²) >= 11 is 0. The molecule has 5 nitrogen and oxygen atoms in total. The van der Waals surface area contributed by atoms with Gasteiger partial charge in [-0.2, -0.15) is 0 Å². The van der Waals surface area contributed by atoms with Gasteiger partial charge in [-0.3, -0.25) is 9.59 Å². The summed E-state index contributed by atoms with van der Waals surface area (Å²) in [7, 11) is 0. The fraction of sp³-hybridized carbons (Fsp3) is 0.695. The number of allylic oxidation sites excluding steroid dienone is 16. The second kappa shape index (κ2) is 54.2. The SMILES string of the molecule is CC/C=C\C/C=C\C/C=C\C/C=C\C/C=C\C/C=C\C/C=C\CCCC(=O)OC(CO)COC(=O)CCCCCCCCCCCCCCCCC/C=C\CCCCCCCCCC. The molecule has 64 heavy (non-hydrogen) atoms. The molecule has 1 unspecified atom stereocenters. The normalized spacial score (nSPS) is 13.0. The van der Waals surface area contributed by atoms with Crippen LogP contribution in [0.1, 0.15) is 245 Å². The minimum absolute atomic E-state index is 0.0930. The molecule has 0 bridgehead atoms. The quantitative estimate of drug-likeness (QED) is 0.0374. The van der Waals surface area contributed by atoms with E-state index in [1.54, 1.807) is 0 Å². The zero-order chi connectivity index (χ0) is 46.3. The van der Waals surface area contributed by atoms with Crippen molar-refractivity contribution < 1.29 is 24.2 Å². The van der Waals surface area contributed by atoms with Crippen molar-refractivity contribution in [2.75, 3.05) is 13.2 Å². The number of esters is 2. The van der Waals surface area contributed by atoms with Crippen LogP contribution in [-0.4, -0.2) is 36.4 Å². The Labute approximate surface area is 396 Å². The van der Waals surface area contributed by atoms with E-state index in [-0.39, 0.29) is 31.6 Å². The zero-order valence-corrected chi connectivity index (χ0v) is 41.8. The third-order valence-corrected chi connectivity index (χ3v) is 11.4. The highest BCUT2D eigenvalue weighted by molar-refractivity contribution is 5.70. The predicted octanol–water partition coefficient (Wildman–Crippen LogP) is 18.0. The standard InChI is InChI=1S/C59H100O5/c1-3-5-7-9-11-13-15-17-19-21-23-25-27-28-29-30-32-33-35-37-39-41-43-45-47-49-51-53-58(61)63-56-57(55-60)64-59(62)54-52-50-48-46-44-42-40-38-36-34-31-26-24-22-20-18-16-14-12-10-8-6-4-2/h6,8,12,14,18,20-21,23-24,26,34,36,40,42,46,48,57,60H,3-5,7,9-11,13,15-17,19,22,25,27-33,35,37-39,41,43-45,47,49-56H2,1-2H3/b8-6-,14-12-,20-18-,23-21-,26-24-,36-34-,42-40-,48-46-. The number of hydrogen-bond donors (Lipinski definition) is 1. The lowest BCUT2D eigenvalue weighted by Gasteiger charge is -2.15. The molecule has 0 rings (SSSR count). The van der Waals surface area contributed by atoms with Gasteiger partial charge in [-0.15, -0.1) is 0 Å². The minimum Gasteiger partial charge on any atom is -0.462 e. The molecule has 0 aliphatic heterocycles. The molecular weight excluding hydrogens is 789 g/mol. The van der Waals surface area contributed by atoms with Crippen molar-refractivity contribution in [1.29, 1.82) is 0 Å². The number of rotatable bonds is 48. The summed E-state index contributed by atoms with van der Waals surface area (Å²) in [6.45, 7) is 3.99. The number of aliphatic hydroxyl groups excluding tert-OH is 1. The van der Waals surface area contributed by atoms with Crippen LogP contribution in [0.4, 0.5) is 0 Å². The first-order chi connectivity index (χ1) is 31.6. The maximum Gasteiger partial charge on any atom is 0.306 e. The van der Waals surface area contributed by atoms with E-state index >= 15 is 0 Å². The van der Waals surface area contributed by atoms with E-state index < -0.39 is 6.10 Å². The van der Waals surface area contributed by atoms with Crippen molar-refractivity contribution in [3.63, 3.8) is 0 Å². The van der Waals surface area contributed by atoms with E-state index in [9.17, 15) is 14.7 Å². The third-order valence-electron chi connectivity index (χ3n) is 11.4. The van der Waals surface area contributed by atoms with E-state index in [0.717, 1.165) is 70.6 Å². The average molecular weight is 889 g/mol. The number of ether oxygens (including phenoxy) is 2. The van der Waals surface area contributed by atoms with Crippen molar-refractivity contribution in [3.8, 4) is 0 Å². The monoisotopic (exact) mass is 889 g/mol. The highest BCUT2D eigenvalue weighted by Gasteiger charge is 2.16. The van der Waals surface area contributed by atoms with Crippen LogP contribution in [0, 0.1) is 0 Å². The average Bonchev–Trinajstić information content (AvgIpc) is 3.30. The maximum atomic E-state index is 12.2. The lowest BCUT2D eigenvalue weighted by Crippen LogP contribution is -2.28. The van der Waals surface area contributed by atoms with Gasteiger partial charge in [0.15, 0.2) is 6.10 Å². The summed E-state index contributed by atoms with van der Waals surface area (Å²) in [5.74, 6) is -0.660. The predicted molar refractivity (Wildman–Crippen MR) is 279 cm³/mol. The third kappa shape index (κ3) is 51.5. The molecule has 0 heterocycles. The molecule has 0 aromatic rings. The molecule has 1 atom stereocenters. The summed E-state index contributed by atoms with van der Waals surface area (Å²) < 4.78 is 10.6. The van der Waals surface area contributed by atoms with Crippen LogP contribution in [0.5, 0.6) is 0 Å². The van der Waals surface area contributed by atoms with Gasteiger partial charge < -0.3 is 14.6 Å². The summed E-state index contributed by atoms with van der Waals surface area (Å²) in [5.41, 5.74) is 0. The summed E-state index contributed by atoms with van der Waals surface area (Å²) in [6, 6.07) is 0. The molecule has 5 heteroatoms. The molecule has 0 spiro atoms. The van der Waals surface area contributed by atoms with E-state index in [2.05, 4.69) is 111 Å². The van der Waals surface area contributed by atoms with E-state index in [0.29, 0.717) is 12.8 Å². The van der Waals surface area contributed by atoms with Crippen LogP contribution in [0.2, 0.25) is 0 Å². The fourth-order valence-electron chi connectivity index (χ4n) is 7.36. The molecule has 0 amide bonds. The Hall–Kier alpha value is -3.18. The molecule has 366 valence electrons. The summed E-state index contributed by atoms with van der Waals surface area (Å²) in [6.07, 6.45) is 76.6. The van der Waals surface area contributed by atoms with Crippen LogP contribution < -0.4 is 0 Å². The number of carbonyl (C=O) groups is 2. The lowest BCUT2D eigenvalue weighted by molar-refractivity contribution is -0.161. The summed E-state index contributed by atoms with van der Waals surface area (Å²) in [5, 5.41) is 9.63. The molecule has 0 aliphatic carbocycles. The van der Waals surface area contributed by atoms with Crippen LogP contribution >= 0.6 is 0 Å². The van der Waals surface area contributed by atoms with Gasteiger partial charge in [0.25, 0.3) is 0 Å². The first-order valence-electron chi connectivity index (χ1n) is 26.8. The molecule has 0 aliphatic rings. The lowest BCUT2D eigenvalue weighted by atomic mass is 10.0. The minimum atomic E-state index is -0.809. The van der Waals surface area contributed by atoms with Gasteiger partial charge in [0, 0.05) is 12.8 Å². The molecule has 0 saturated heterocycles. The van der Waals surface area contributed by atoms with Gasteiger partial charge in [-0.25, -0.2) is 0 Å². The van der Waals surface area contributed by atoms with Gasteiger partial charge in [-0.05, 0) is 89.9 Å². The second-order valence-corrected chi connectivity index (χ2v) is 17.6. The van der Waals surface area contributed by atoms with Crippen molar-refractivity contribution >= 4 is 11.9 Å². The first kappa shape index (κ1) is 60.8. The highest BCUT2D eigenvalue weighted by Crippen LogP contribution is 2.15. The van der Waals surface area contributed by atoms with Gasteiger partial charge in [-0.1, -0.05) is 239 Å². The van der Waals surface area contributed by atoms with E-state index in [1.807, 2.05) is 0 Å². The number of carbonyl (C=O) groups excluding carboxylic acids is 2. The molecule has 0 fully saturated rings. The molecule has 1 N–H and O–H groups in total. The van der Waals surface area contributed by atoms with Crippen molar-refractivity contribution in [2.45, 2.75) is 251 Å². The molecule has 0 radical (unpaired) electrons. The van der Waals surface area contributed by atoms with Gasteiger partial charge in [0.1, 0.15) is 6.61 Å². The van der Waals surface area contributed by atoms with Gasteiger partial charge in [0.2, 0.25) is 0 Å². The topological polar surface area (TPSA) is 72.8 Å². The molecule has 0 saturated carbocycles. The maximum absolute atomic E-state index is 12.2. The largest absolute Gasteiger partial charge is 0.462 e. The Balaban J connectivity index is 3.58. The Morgan fingerprint density at radius 2 is 0.688 bits per heavy atom. The fourth-order valence-corrected chi connectivity index (χ4v) is 7.36. The number of aliphatic hydroxyl groups is 1. The Bertz CT molecular complexity index is 1230. The Morgan fingerprint density at radius 1 is 0.375 bits per heavy atom. The molecular formula is C59H100O5. The van der Waals surface area contributed by atoms with Gasteiger partial charge in [0.05, 0.1) is 6.61 Å². The van der Waals surface area contributed by atoms with Crippen molar-refractivity contribution in [1.82, 2.24) is 0 Å². The molecule has 0 aromatic carbocycles. The van der Waals surface area contributed by atoms with Crippen molar-refractivity contribution in [2.24, 2.45) is 0 Å². The van der Waals surface area contributed by atoms with Gasteiger partial charge >= 0.3 is 11.9 Å². The van der Waals surface area contributed by atoms with Crippen LogP contribution in [0.3, 0.4) is 0 Å². The zero-order valence-electron chi connectivity index (χ0n) is 41.8. The smallest absolute Gasteiger partial charge is 0.306 e. The number of unbranched alkanes of at least 4 members (excludes halogenated alkanes) is 24. The van der Waals surface area contributed by atoms with E-state index in [1.165, 1.54) is 141 Å². The summed E-state index contributed by atoms with van der Waals surface area (Å²) in [4.78, 5) is 24.5. The highest BCUT2D eigenvalue weighted by atomic mass is 16.6. The second-order valence-electron chi connectivity index (χ2n) is 17.6. The number of hydrogen-bond acceptors (Lipinski definition) is 5. The van der Waals surface area contributed by atoms with Crippen LogP contribution in [0.25, 0.3) is 0 Å². The van der Waals surface area contributed by atoms with Crippen LogP contribution in [-0.2, 0) is 19.1 Å². The Morgan fingerprint density at radius 3 is 1.08 bits per heavy atom. The first-order valence-corrected chi connectivity index (χ1v) is 26.8. The van der Waals surface area contributed by atoms with E-state index in [4.69, 9.17) is 9.47 Å². The Kier molecular flexibility index (Phi) is 51.5.